The van der Waals surface area contributed by atoms with E-state index in [1.165, 1.54) is 12.1 Å². The Hall–Kier alpha value is -3.62. The average Bonchev–Trinajstić information content (AvgIpc) is 2.87. The van der Waals surface area contributed by atoms with Gasteiger partial charge in [0.15, 0.2) is 11.5 Å². The molecule has 0 fully saturated rings. The summed E-state index contributed by atoms with van der Waals surface area (Å²) < 4.78 is 42.7. The molecule has 0 atom stereocenters. The minimum Gasteiger partial charge on any atom is -0.490 e. The highest BCUT2D eigenvalue weighted by Crippen LogP contribution is 2.38. The summed E-state index contributed by atoms with van der Waals surface area (Å²) >= 11 is 3.41. The molecule has 0 saturated heterocycles. The maximum Gasteiger partial charge on any atom is 0.339 e. The zero-order valence-electron chi connectivity index (χ0n) is 18.8. The largest absolute Gasteiger partial charge is 0.490 e. The molecule has 4 aromatic rings. The van der Waals surface area contributed by atoms with Crippen molar-refractivity contribution >= 4 is 38.0 Å². The summed E-state index contributed by atoms with van der Waals surface area (Å²) in [6.07, 6.45) is 1.66. The highest BCUT2D eigenvalue weighted by atomic mass is 79.9. The molecule has 0 aromatic heterocycles. The van der Waals surface area contributed by atoms with Crippen molar-refractivity contribution in [2.75, 3.05) is 6.61 Å². The lowest BCUT2D eigenvalue weighted by atomic mass is 10.2. The van der Waals surface area contributed by atoms with Crippen molar-refractivity contribution in [1.29, 1.82) is 0 Å². The normalized spacial score (nSPS) is 11.4. The van der Waals surface area contributed by atoms with Crippen LogP contribution in [0.4, 0.5) is 5.69 Å². The molecule has 8 heteroatoms. The Morgan fingerprint density at radius 1 is 0.857 bits per heavy atom. The van der Waals surface area contributed by atoms with Gasteiger partial charge in [-0.05, 0) is 89.1 Å². The van der Waals surface area contributed by atoms with Crippen molar-refractivity contribution in [2.24, 2.45) is 4.99 Å². The third kappa shape index (κ3) is 6.49. The van der Waals surface area contributed by atoms with Crippen LogP contribution in [-0.2, 0) is 10.1 Å². The molecule has 0 saturated carbocycles. The zero-order chi connectivity index (χ0) is 24.7. The molecule has 0 aliphatic carbocycles. The van der Waals surface area contributed by atoms with Gasteiger partial charge in [0.1, 0.15) is 16.4 Å². The van der Waals surface area contributed by atoms with Crippen LogP contribution in [0.1, 0.15) is 12.5 Å². The summed E-state index contributed by atoms with van der Waals surface area (Å²) in [5.41, 5.74) is 1.43. The number of rotatable bonds is 9. The molecule has 4 rings (SSSR count). The monoisotopic (exact) mass is 551 g/mol. The smallest absolute Gasteiger partial charge is 0.339 e. The van der Waals surface area contributed by atoms with E-state index in [1.54, 1.807) is 36.5 Å². The maximum absolute atomic E-state index is 12.7. The van der Waals surface area contributed by atoms with Crippen LogP contribution in [0.5, 0.6) is 23.0 Å². The zero-order valence-corrected chi connectivity index (χ0v) is 21.2. The molecule has 4 aromatic carbocycles. The van der Waals surface area contributed by atoms with Gasteiger partial charge in [0.25, 0.3) is 0 Å². The highest BCUT2D eigenvalue weighted by molar-refractivity contribution is 9.10. The fourth-order valence-corrected chi connectivity index (χ4v) is 4.75. The fraction of sp³-hybridized carbons (Fsp3) is 0.0741. The third-order valence-electron chi connectivity index (χ3n) is 4.73. The Labute approximate surface area is 213 Å². The number of benzene rings is 4. The maximum atomic E-state index is 12.7. The lowest BCUT2D eigenvalue weighted by molar-refractivity contribution is 0.327. The van der Waals surface area contributed by atoms with Crippen LogP contribution in [0.25, 0.3) is 0 Å². The second kappa shape index (κ2) is 11.2. The Morgan fingerprint density at radius 2 is 1.49 bits per heavy atom. The van der Waals surface area contributed by atoms with Crippen molar-refractivity contribution in [3.63, 3.8) is 0 Å². The summed E-state index contributed by atoms with van der Waals surface area (Å²) in [6, 6.07) is 28.2. The van der Waals surface area contributed by atoms with Crippen molar-refractivity contribution < 1.29 is 22.1 Å². The van der Waals surface area contributed by atoms with Gasteiger partial charge in [0.2, 0.25) is 0 Å². The summed E-state index contributed by atoms with van der Waals surface area (Å²) in [7, 11) is -4.03. The van der Waals surface area contributed by atoms with Crippen molar-refractivity contribution in [1.82, 2.24) is 0 Å². The van der Waals surface area contributed by atoms with E-state index in [-0.39, 0.29) is 16.4 Å². The van der Waals surface area contributed by atoms with Crippen molar-refractivity contribution in [3.8, 4) is 23.0 Å². The van der Waals surface area contributed by atoms with E-state index in [2.05, 4.69) is 20.9 Å². The van der Waals surface area contributed by atoms with Crippen LogP contribution in [0.2, 0.25) is 0 Å². The number of para-hydroxylation sites is 1. The topological polar surface area (TPSA) is 74.2 Å². The predicted molar refractivity (Wildman–Crippen MR) is 140 cm³/mol. The van der Waals surface area contributed by atoms with Crippen molar-refractivity contribution in [3.05, 3.63) is 107 Å². The molecule has 0 amide bonds. The van der Waals surface area contributed by atoms with Gasteiger partial charge in [0.05, 0.1) is 16.8 Å². The lowest BCUT2D eigenvalue weighted by Gasteiger charge is -2.14. The molecule has 0 spiro atoms. The van der Waals surface area contributed by atoms with E-state index in [0.717, 1.165) is 11.4 Å². The average molecular weight is 552 g/mol. The first-order valence-electron chi connectivity index (χ1n) is 10.8. The summed E-state index contributed by atoms with van der Waals surface area (Å²) in [4.78, 5) is 4.56. The summed E-state index contributed by atoms with van der Waals surface area (Å²) in [5.74, 6) is 1.83. The van der Waals surface area contributed by atoms with Crippen molar-refractivity contribution in [2.45, 2.75) is 11.8 Å². The van der Waals surface area contributed by atoms with Gasteiger partial charge in [-0.3, -0.25) is 4.99 Å². The van der Waals surface area contributed by atoms with Gasteiger partial charge in [0, 0.05) is 6.21 Å². The summed E-state index contributed by atoms with van der Waals surface area (Å²) in [6.45, 7) is 2.14. The Kier molecular flexibility index (Phi) is 7.84. The molecule has 0 heterocycles. The van der Waals surface area contributed by atoms with E-state index in [4.69, 9.17) is 13.7 Å². The van der Waals surface area contributed by atoms with E-state index in [9.17, 15) is 8.42 Å². The molecule has 178 valence electrons. The molecular formula is C27H22BrNO5S. The lowest BCUT2D eigenvalue weighted by Crippen LogP contribution is -2.11. The second-order valence-electron chi connectivity index (χ2n) is 7.28. The third-order valence-corrected chi connectivity index (χ3v) is 6.56. The number of hydrogen-bond donors (Lipinski definition) is 0. The second-order valence-corrected chi connectivity index (χ2v) is 9.68. The minimum absolute atomic E-state index is 0.0553. The standard InChI is InChI=1S/C27H22BrNO5S/c1-2-32-26-18-20(17-25(28)27(26)34-35(30,31)24-11-7-4-8-12-24)19-29-21-13-15-23(16-14-21)33-22-9-5-3-6-10-22/h3-19H,2H2,1H3. The van der Waals surface area contributed by atoms with Gasteiger partial charge in [-0.1, -0.05) is 36.4 Å². The van der Waals surface area contributed by atoms with Crippen LogP contribution < -0.4 is 13.7 Å². The van der Waals surface area contributed by atoms with E-state index in [0.29, 0.717) is 22.4 Å². The molecule has 0 radical (unpaired) electrons. The number of halogens is 1. The quantitative estimate of drug-likeness (QED) is 0.163. The summed E-state index contributed by atoms with van der Waals surface area (Å²) in [5, 5.41) is 0. The number of nitrogens with zero attached hydrogens (tertiary/aromatic N) is 1. The molecular weight excluding hydrogens is 530 g/mol. The molecule has 0 aliphatic rings. The van der Waals surface area contributed by atoms with Gasteiger partial charge in [-0.2, -0.15) is 8.42 Å². The van der Waals surface area contributed by atoms with Crippen LogP contribution >= 0.6 is 15.9 Å². The molecule has 0 aliphatic heterocycles. The Morgan fingerprint density at radius 3 is 2.14 bits per heavy atom. The van der Waals surface area contributed by atoms with E-state index in [1.807, 2.05) is 61.5 Å². The molecule has 6 nitrogen and oxygen atoms in total. The fourth-order valence-electron chi connectivity index (χ4n) is 3.13. The number of hydrogen-bond acceptors (Lipinski definition) is 6. The first-order chi connectivity index (χ1) is 16.9. The first-order valence-corrected chi connectivity index (χ1v) is 13.0. The SMILES string of the molecule is CCOc1cc(C=Nc2ccc(Oc3ccccc3)cc2)cc(Br)c1OS(=O)(=O)c1ccccc1. The van der Waals surface area contributed by atoms with Gasteiger partial charge in [-0.25, -0.2) is 0 Å². The van der Waals surface area contributed by atoms with Crippen LogP contribution in [-0.4, -0.2) is 21.2 Å². The molecule has 0 bridgehead atoms. The predicted octanol–water partition coefficient (Wildman–Crippen LogP) is 7.16. The van der Waals surface area contributed by atoms with Crippen LogP contribution in [0, 0.1) is 0 Å². The van der Waals surface area contributed by atoms with Gasteiger partial charge in [-0.15, -0.1) is 0 Å². The number of aliphatic imine (C=N–C) groups is 1. The number of ether oxygens (including phenoxy) is 2. The molecule has 0 unspecified atom stereocenters. The Balaban J connectivity index is 1.53. The first kappa shape index (κ1) is 24.5. The van der Waals surface area contributed by atoms with Gasteiger partial charge < -0.3 is 13.7 Å². The highest BCUT2D eigenvalue weighted by Gasteiger charge is 2.22. The van der Waals surface area contributed by atoms with Gasteiger partial charge >= 0.3 is 10.1 Å². The Bertz CT molecular complexity index is 1410. The minimum atomic E-state index is -4.03. The van der Waals surface area contributed by atoms with E-state index < -0.39 is 10.1 Å². The van der Waals surface area contributed by atoms with Crippen LogP contribution in [0.15, 0.2) is 111 Å². The molecule has 35 heavy (non-hydrogen) atoms. The van der Waals surface area contributed by atoms with E-state index >= 15 is 0 Å². The molecule has 0 N–H and O–H groups in total. The van der Waals surface area contributed by atoms with Crippen LogP contribution in [0.3, 0.4) is 0 Å².